The Morgan fingerprint density at radius 3 is 2.67 bits per heavy atom. The van der Waals surface area contributed by atoms with Gasteiger partial charge in [-0.1, -0.05) is 6.07 Å². The van der Waals surface area contributed by atoms with Crippen LogP contribution in [0.2, 0.25) is 0 Å². The number of aromatic nitrogens is 2. The van der Waals surface area contributed by atoms with Crippen LogP contribution in [-0.2, 0) is 22.6 Å². The van der Waals surface area contributed by atoms with Crippen molar-refractivity contribution < 1.29 is 18.7 Å². The number of hydrogen-bond donors (Lipinski definition) is 1. The fourth-order valence-corrected chi connectivity index (χ4v) is 4.81. The molecule has 2 fully saturated rings. The number of halogens is 1. The number of benzene rings is 1. The van der Waals surface area contributed by atoms with Gasteiger partial charge in [-0.2, -0.15) is 0 Å². The van der Waals surface area contributed by atoms with Crippen LogP contribution in [0.15, 0.2) is 30.6 Å². The number of piperidine rings is 1. The Kier molecular flexibility index (Phi) is 7.75. The fourth-order valence-electron chi connectivity index (χ4n) is 4.81. The summed E-state index contributed by atoms with van der Waals surface area (Å²) in [6.07, 6.45) is 8.32. The second-order valence-corrected chi connectivity index (χ2v) is 9.05. The Morgan fingerprint density at radius 1 is 1.24 bits per heavy atom. The summed E-state index contributed by atoms with van der Waals surface area (Å²) in [5.41, 5.74) is 1.37. The summed E-state index contributed by atoms with van der Waals surface area (Å²) in [7, 11) is 3.21. The molecule has 2 aromatic rings. The van der Waals surface area contributed by atoms with E-state index in [1.807, 2.05) is 12.4 Å². The zero-order valence-corrected chi connectivity index (χ0v) is 19.4. The molecule has 0 bridgehead atoms. The van der Waals surface area contributed by atoms with Gasteiger partial charge in [-0.15, -0.1) is 0 Å². The standard InChI is InChI=1S/C25H33FN4O3/c1-27-24(31)12-20-3-4-21(13-23(20)26)33-10-7-19-11-22(19)18-5-8-30(9-6-18)25-28-14-17(15-29-25)16-32-2/h3-4,13-15,18-19,22H,5-12,16H2,1-2H3,(H,27,31). The van der Waals surface area contributed by atoms with Crippen molar-refractivity contribution in [2.75, 3.05) is 38.8 Å². The normalized spacial score (nSPS) is 20.5. The van der Waals surface area contributed by atoms with E-state index in [-0.39, 0.29) is 12.3 Å². The number of likely N-dealkylation sites (N-methyl/N-ethyl adjacent to an activating group) is 1. The maximum Gasteiger partial charge on any atom is 0.225 e. The van der Waals surface area contributed by atoms with E-state index in [0.29, 0.717) is 30.4 Å². The molecule has 33 heavy (non-hydrogen) atoms. The minimum absolute atomic E-state index is 0.0381. The molecule has 178 valence electrons. The van der Waals surface area contributed by atoms with Gasteiger partial charge in [-0.25, -0.2) is 14.4 Å². The van der Waals surface area contributed by atoms with Crippen molar-refractivity contribution in [1.29, 1.82) is 0 Å². The molecule has 1 amide bonds. The monoisotopic (exact) mass is 456 g/mol. The van der Waals surface area contributed by atoms with Crippen molar-refractivity contribution in [3.8, 4) is 5.75 Å². The Labute approximate surface area is 194 Å². The lowest BCUT2D eigenvalue weighted by molar-refractivity contribution is -0.120. The third kappa shape index (κ3) is 6.19. The van der Waals surface area contributed by atoms with Crippen LogP contribution in [0.5, 0.6) is 5.75 Å². The third-order valence-electron chi connectivity index (χ3n) is 6.82. The lowest BCUT2D eigenvalue weighted by Crippen LogP contribution is -2.35. The molecule has 2 unspecified atom stereocenters. The van der Waals surface area contributed by atoms with Crippen LogP contribution < -0.4 is 15.0 Å². The molecular weight excluding hydrogens is 423 g/mol. The van der Waals surface area contributed by atoms with Crippen molar-refractivity contribution in [2.45, 2.75) is 38.7 Å². The van der Waals surface area contributed by atoms with Crippen LogP contribution in [0, 0.1) is 23.6 Å². The first kappa shape index (κ1) is 23.4. The molecule has 4 rings (SSSR count). The quantitative estimate of drug-likeness (QED) is 0.591. The second kappa shape index (κ2) is 10.9. The summed E-state index contributed by atoms with van der Waals surface area (Å²) in [6.45, 7) is 3.12. The SMILES string of the molecule is CNC(=O)Cc1ccc(OCCC2CC2C2CCN(c3ncc(COC)cn3)CC2)cc1F. The third-order valence-corrected chi connectivity index (χ3v) is 6.82. The molecule has 2 aliphatic rings. The fraction of sp³-hybridized carbons (Fsp3) is 0.560. The summed E-state index contributed by atoms with van der Waals surface area (Å²) in [4.78, 5) is 22.7. The average molecular weight is 457 g/mol. The zero-order valence-electron chi connectivity index (χ0n) is 19.4. The molecule has 2 atom stereocenters. The van der Waals surface area contributed by atoms with Crippen molar-refractivity contribution in [3.63, 3.8) is 0 Å². The lowest BCUT2D eigenvalue weighted by atomic mass is 9.90. The van der Waals surface area contributed by atoms with E-state index in [1.54, 1.807) is 26.3 Å². The van der Waals surface area contributed by atoms with Crippen LogP contribution in [0.4, 0.5) is 10.3 Å². The van der Waals surface area contributed by atoms with Gasteiger partial charge in [0.25, 0.3) is 0 Å². The summed E-state index contributed by atoms with van der Waals surface area (Å²) in [5, 5.41) is 2.51. The predicted octanol–water partition coefficient (Wildman–Crippen LogP) is 3.37. The number of nitrogens with one attached hydrogen (secondary N) is 1. The molecule has 1 aliphatic heterocycles. The highest BCUT2D eigenvalue weighted by Crippen LogP contribution is 2.49. The topological polar surface area (TPSA) is 76.6 Å². The molecule has 0 spiro atoms. The average Bonchev–Trinajstić information content (AvgIpc) is 3.61. The molecule has 1 aliphatic carbocycles. The molecule has 1 saturated heterocycles. The first-order valence-corrected chi connectivity index (χ1v) is 11.7. The Balaban J connectivity index is 1.16. The van der Waals surface area contributed by atoms with Gasteiger partial charge in [0.1, 0.15) is 11.6 Å². The second-order valence-electron chi connectivity index (χ2n) is 9.05. The molecule has 2 heterocycles. The maximum absolute atomic E-state index is 14.2. The Bertz CT molecular complexity index is 932. The molecule has 1 saturated carbocycles. The van der Waals surface area contributed by atoms with Gasteiger partial charge in [-0.05, 0) is 55.1 Å². The molecule has 8 heteroatoms. The number of amides is 1. The number of carbonyl (C=O) groups excluding carboxylic acids is 1. The van der Waals surface area contributed by atoms with Gasteiger partial charge >= 0.3 is 0 Å². The highest BCUT2D eigenvalue weighted by Gasteiger charge is 2.43. The van der Waals surface area contributed by atoms with Crippen molar-refractivity contribution >= 4 is 11.9 Å². The van der Waals surface area contributed by atoms with E-state index in [0.717, 1.165) is 42.9 Å². The highest BCUT2D eigenvalue weighted by atomic mass is 19.1. The minimum Gasteiger partial charge on any atom is -0.493 e. The number of anilines is 1. The van der Waals surface area contributed by atoms with Crippen LogP contribution in [-0.4, -0.2) is 49.7 Å². The minimum atomic E-state index is -0.399. The Morgan fingerprint density at radius 2 is 2.00 bits per heavy atom. The van der Waals surface area contributed by atoms with Gasteiger partial charge in [0, 0.05) is 51.3 Å². The predicted molar refractivity (Wildman–Crippen MR) is 124 cm³/mol. The van der Waals surface area contributed by atoms with Crippen LogP contribution in [0.1, 0.15) is 36.8 Å². The molecule has 1 aromatic heterocycles. The summed E-state index contributed by atoms with van der Waals surface area (Å²) < 4.78 is 25.1. The van der Waals surface area contributed by atoms with E-state index in [4.69, 9.17) is 9.47 Å². The molecule has 0 radical (unpaired) electrons. The van der Waals surface area contributed by atoms with E-state index >= 15 is 0 Å². The molecule has 1 aromatic carbocycles. The number of hydrogen-bond acceptors (Lipinski definition) is 6. The summed E-state index contributed by atoms with van der Waals surface area (Å²) in [5.74, 6) is 2.94. The zero-order chi connectivity index (χ0) is 23.2. The van der Waals surface area contributed by atoms with Gasteiger partial charge in [0.2, 0.25) is 11.9 Å². The first-order chi connectivity index (χ1) is 16.1. The maximum atomic E-state index is 14.2. The smallest absolute Gasteiger partial charge is 0.225 e. The van der Waals surface area contributed by atoms with Gasteiger partial charge in [-0.3, -0.25) is 4.79 Å². The molecule has 7 nitrogen and oxygen atoms in total. The van der Waals surface area contributed by atoms with Gasteiger partial charge in [0.05, 0.1) is 19.6 Å². The lowest BCUT2D eigenvalue weighted by Gasteiger charge is -2.32. The number of rotatable bonds is 10. The number of carbonyl (C=O) groups is 1. The number of ether oxygens (including phenoxy) is 2. The Hall–Kier alpha value is -2.74. The van der Waals surface area contributed by atoms with Crippen LogP contribution >= 0.6 is 0 Å². The highest BCUT2D eigenvalue weighted by molar-refractivity contribution is 5.78. The number of methoxy groups -OCH3 is 1. The van der Waals surface area contributed by atoms with Crippen LogP contribution in [0.3, 0.4) is 0 Å². The van der Waals surface area contributed by atoms with E-state index in [1.165, 1.54) is 25.3 Å². The summed E-state index contributed by atoms with van der Waals surface area (Å²) >= 11 is 0. The largest absolute Gasteiger partial charge is 0.493 e. The molecular formula is C25H33FN4O3. The van der Waals surface area contributed by atoms with Crippen molar-refractivity contribution in [3.05, 3.63) is 47.5 Å². The van der Waals surface area contributed by atoms with E-state index in [9.17, 15) is 9.18 Å². The van der Waals surface area contributed by atoms with Crippen molar-refractivity contribution in [2.24, 2.45) is 17.8 Å². The molecule has 1 N–H and O–H groups in total. The van der Waals surface area contributed by atoms with Crippen molar-refractivity contribution in [1.82, 2.24) is 15.3 Å². The van der Waals surface area contributed by atoms with Gasteiger partial charge < -0.3 is 19.7 Å². The van der Waals surface area contributed by atoms with Crippen LogP contribution in [0.25, 0.3) is 0 Å². The van der Waals surface area contributed by atoms with E-state index < -0.39 is 5.82 Å². The summed E-state index contributed by atoms with van der Waals surface area (Å²) in [6, 6.07) is 4.75. The number of nitrogens with zero attached hydrogens (tertiary/aromatic N) is 3. The van der Waals surface area contributed by atoms with Gasteiger partial charge in [0.15, 0.2) is 0 Å². The van der Waals surface area contributed by atoms with E-state index in [2.05, 4.69) is 20.2 Å². The first-order valence-electron chi connectivity index (χ1n) is 11.7.